The molecule has 0 saturated carbocycles. The summed E-state index contributed by atoms with van der Waals surface area (Å²) in [5.74, 6) is -1.59. The molecule has 6 heteroatoms. The molecule has 0 aromatic heterocycles. The minimum absolute atomic E-state index is 0.108. The van der Waals surface area contributed by atoms with Crippen LogP contribution in [-0.4, -0.2) is 5.11 Å². The van der Waals surface area contributed by atoms with Gasteiger partial charge in [-0.3, -0.25) is 0 Å². The summed E-state index contributed by atoms with van der Waals surface area (Å²) in [5.41, 5.74) is 0.0107. The van der Waals surface area contributed by atoms with E-state index in [0.717, 1.165) is 6.07 Å². The van der Waals surface area contributed by atoms with Crippen molar-refractivity contribution in [2.75, 3.05) is 0 Å². The summed E-state index contributed by atoms with van der Waals surface area (Å²) in [6.07, 6.45) is -1.38. The molecule has 1 unspecified atom stereocenters. The molecule has 0 aliphatic heterocycles. The zero-order valence-corrected chi connectivity index (χ0v) is 14.1. The van der Waals surface area contributed by atoms with E-state index in [4.69, 9.17) is 0 Å². The summed E-state index contributed by atoms with van der Waals surface area (Å²) < 4.78 is 29.2. The SMILES string of the molecule is OC(c1cc(Br)cc(Br)c1)c1c(F)ccc(Br)c1F. The van der Waals surface area contributed by atoms with Gasteiger partial charge in [0.05, 0.1) is 10.0 Å². The molecule has 2 rings (SSSR count). The highest BCUT2D eigenvalue weighted by atomic mass is 79.9. The van der Waals surface area contributed by atoms with Crippen molar-refractivity contribution in [1.29, 1.82) is 0 Å². The molecule has 0 amide bonds. The molecule has 100 valence electrons. The van der Waals surface area contributed by atoms with Crippen LogP contribution in [0.4, 0.5) is 8.78 Å². The molecule has 1 atom stereocenters. The van der Waals surface area contributed by atoms with Crippen LogP contribution >= 0.6 is 47.8 Å². The monoisotopic (exact) mass is 454 g/mol. The maximum atomic E-state index is 13.9. The second kappa shape index (κ2) is 5.99. The normalized spacial score (nSPS) is 12.5. The fourth-order valence-corrected chi connectivity index (χ4v) is 3.37. The standard InChI is InChI=1S/C13H7Br3F2O/c14-7-3-6(4-8(15)5-7)13(19)11-10(17)2-1-9(16)12(11)18/h1-5,13,19H. The van der Waals surface area contributed by atoms with Gasteiger partial charge in [-0.15, -0.1) is 0 Å². The summed E-state index contributed by atoms with van der Waals surface area (Å²) in [4.78, 5) is 0. The van der Waals surface area contributed by atoms with E-state index in [0.29, 0.717) is 14.5 Å². The summed E-state index contributed by atoms with van der Waals surface area (Å²) in [5, 5.41) is 10.2. The van der Waals surface area contributed by atoms with Crippen LogP contribution < -0.4 is 0 Å². The van der Waals surface area contributed by atoms with Crippen LogP contribution in [0.15, 0.2) is 43.7 Å². The maximum absolute atomic E-state index is 13.9. The lowest BCUT2D eigenvalue weighted by molar-refractivity contribution is 0.208. The summed E-state index contributed by atoms with van der Waals surface area (Å²) in [6, 6.07) is 7.35. The van der Waals surface area contributed by atoms with Gasteiger partial charge in [0.1, 0.15) is 17.7 Å². The quantitative estimate of drug-likeness (QED) is 0.605. The Balaban J connectivity index is 2.55. The van der Waals surface area contributed by atoms with Gasteiger partial charge in [0, 0.05) is 8.95 Å². The van der Waals surface area contributed by atoms with E-state index in [-0.39, 0.29) is 10.0 Å². The lowest BCUT2D eigenvalue weighted by atomic mass is 10.0. The van der Waals surface area contributed by atoms with E-state index in [1.165, 1.54) is 6.07 Å². The van der Waals surface area contributed by atoms with Gasteiger partial charge in [0.25, 0.3) is 0 Å². The predicted molar refractivity (Wildman–Crippen MR) is 80.0 cm³/mol. The smallest absolute Gasteiger partial charge is 0.146 e. The van der Waals surface area contributed by atoms with Gasteiger partial charge in [-0.25, -0.2) is 8.78 Å². The number of aliphatic hydroxyl groups is 1. The van der Waals surface area contributed by atoms with Crippen molar-refractivity contribution in [2.24, 2.45) is 0 Å². The fraction of sp³-hybridized carbons (Fsp3) is 0.0769. The molecule has 2 aromatic rings. The van der Waals surface area contributed by atoms with Crippen LogP contribution in [0, 0.1) is 11.6 Å². The lowest BCUT2D eigenvalue weighted by Crippen LogP contribution is -2.06. The van der Waals surface area contributed by atoms with Crippen molar-refractivity contribution in [3.05, 3.63) is 66.5 Å². The van der Waals surface area contributed by atoms with Crippen LogP contribution in [0.1, 0.15) is 17.2 Å². The van der Waals surface area contributed by atoms with Gasteiger partial charge < -0.3 is 5.11 Å². The molecule has 0 bridgehead atoms. The van der Waals surface area contributed by atoms with Gasteiger partial charge in [0.2, 0.25) is 0 Å². The third-order valence-electron chi connectivity index (χ3n) is 2.55. The first-order valence-corrected chi connectivity index (χ1v) is 7.55. The van der Waals surface area contributed by atoms with Gasteiger partial charge in [0.15, 0.2) is 0 Å². The zero-order valence-electron chi connectivity index (χ0n) is 9.30. The molecule has 2 aromatic carbocycles. The van der Waals surface area contributed by atoms with Crippen LogP contribution in [0.3, 0.4) is 0 Å². The zero-order chi connectivity index (χ0) is 14.2. The van der Waals surface area contributed by atoms with Crippen molar-refractivity contribution >= 4 is 47.8 Å². The van der Waals surface area contributed by atoms with Crippen molar-refractivity contribution in [3.63, 3.8) is 0 Å². The average molecular weight is 457 g/mol. The summed E-state index contributed by atoms with van der Waals surface area (Å²) in [6.45, 7) is 0. The molecule has 0 aliphatic carbocycles. The van der Waals surface area contributed by atoms with Gasteiger partial charge in [-0.1, -0.05) is 31.9 Å². The van der Waals surface area contributed by atoms with Crippen LogP contribution in [0.5, 0.6) is 0 Å². The molecule has 19 heavy (non-hydrogen) atoms. The number of rotatable bonds is 2. The highest BCUT2D eigenvalue weighted by molar-refractivity contribution is 9.11. The van der Waals surface area contributed by atoms with Crippen LogP contribution in [-0.2, 0) is 0 Å². The van der Waals surface area contributed by atoms with E-state index in [1.54, 1.807) is 18.2 Å². The predicted octanol–water partition coefficient (Wildman–Crippen LogP) is 5.33. The highest BCUT2D eigenvalue weighted by Gasteiger charge is 2.22. The van der Waals surface area contributed by atoms with Gasteiger partial charge >= 0.3 is 0 Å². The number of aliphatic hydroxyl groups excluding tert-OH is 1. The molecule has 0 spiro atoms. The van der Waals surface area contributed by atoms with Gasteiger partial charge in [-0.2, -0.15) is 0 Å². The Morgan fingerprint density at radius 1 is 0.947 bits per heavy atom. The largest absolute Gasteiger partial charge is 0.383 e. The summed E-state index contributed by atoms with van der Waals surface area (Å²) >= 11 is 9.51. The second-order valence-electron chi connectivity index (χ2n) is 3.86. The highest BCUT2D eigenvalue weighted by Crippen LogP contribution is 2.33. The Bertz CT molecular complexity index is 611. The third-order valence-corrected chi connectivity index (χ3v) is 4.08. The van der Waals surface area contributed by atoms with Gasteiger partial charge in [-0.05, 0) is 51.8 Å². The Hall–Kier alpha value is -0.300. The molecule has 0 saturated heterocycles. The van der Waals surface area contributed by atoms with Crippen molar-refractivity contribution in [1.82, 2.24) is 0 Å². The number of hydrogen-bond donors (Lipinski definition) is 1. The topological polar surface area (TPSA) is 20.2 Å². The Labute approximate surface area is 134 Å². The molecule has 0 fully saturated rings. The first kappa shape index (κ1) is 15.1. The Morgan fingerprint density at radius 3 is 2.11 bits per heavy atom. The first-order valence-electron chi connectivity index (χ1n) is 5.17. The molecule has 0 aliphatic rings. The van der Waals surface area contributed by atoms with E-state index in [1.807, 2.05) is 0 Å². The minimum Gasteiger partial charge on any atom is -0.383 e. The van der Waals surface area contributed by atoms with E-state index >= 15 is 0 Å². The molecule has 1 nitrogen and oxygen atoms in total. The number of halogens is 5. The van der Waals surface area contributed by atoms with Crippen LogP contribution in [0.2, 0.25) is 0 Å². The van der Waals surface area contributed by atoms with Crippen molar-refractivity contribution < 1.29 is 13.9 Å². The average Bonchev–Trinajstić information content (AvgIpc) is 2.33. The Morgan fingerprint density at radius 2 is 1.53 bits per heavy atom. The van der Waals surface area contributed by atoms with Crippen LogP contribution in [0.25, 0.3) is 0 Å². The lowest BCUT2D eigenvalue weighted by Gasteiger charge is -2.15. The van der Waals surface area contributed by atoms with E-state index in [9.17, 15) is 13.9 Å². The first-order chi connectivity index (χ1) is 8.90. The fourth-order valence-electron chi connectivity index (χ4n) is 1.69. The number of benzene rings is 2. The Kier molecular flexibility index (Phi) is 4.76. The minimum atomic E-state index is -1.38. The van der Waals surface area contributed by atoms with E-state index in [2.05, 4.69) is 47.8 Å². The molecule has 0 radical (unpaired) electrons. The second-order valence-corrected chi connectivity index (χ2v) is 6.55. The summed E-state index contributed by atoms with van der Waals surface area (Å²) in [7, 11) is 0. The van der Waals surface area contributed by atoms with Crippen molar-refractivity contribution in [3.8, 4) is 0 Å². The molecule has 1 N–H and O–H groups in total. The molecular weight excluding hydrogens is 450 g/mol. The molecule has 0 heterocycles. The maximum Gasteiger partial charge on any atom is 0.146 e. The molecular formula is C13H7Br3F2O. The third kappa shape index (κ3) is 3.24. The number of hydrogen-bond acceptors (Lipinski definition) is 1. The van der Waals surface area contributed by atoms with Crippen molar-refractivity contribution in [2.45, 2.75) is 6.10 Å². The van der Waals surface area contributed by atoms with E-state index < -0.39 is 17.7 Å².